The van der Waals surface area contributed by atoms with Gasteiger partial charge in [0.2, 0.25) is 0 Å². The van der Waals surface area contributed by atoms with E-state index in [-0.39, 0.29) is 18.5 Å². The van der Waals surface area contributed by atoms with Crippen LogP contribution in [0.5, 0.6) is 0 Å². The number of nitrogens with zero attached hydrogens (tertiary/aromatic N) is 2. The molecule has 1 aromatic carbocycles. The molecule has 0 radical (unpaired) electrons. The number of hydrogen-bond acceptors (Lipinski definition) is 3. The number of likely N-dealkylation sites (N-methyl/N-ethyl adjacent to an activating group) is 1. The standard InChI is InChI=1S/C28H37F6N3O/c1-36(24-8-3-2-4-9-24)25(20-6-5-7-20)18-37-12-10-19(11-13-37)17-35-26(38)21-14-22(27(29,30)31)16-23(15-21)28(32,33)34/h14-16,19,24H,2-13,17-18H2,1H3,(H,35,38). The zero-order valence-corrected chi connectivity index (χ0v) is 21.9. The molecule has 1 aliphatic heterocycles. The van der Waals surface area contributed by atoms with Crippen LogP contribution in [-0.4, -0.2) is 55.0 Å². The van der Waals surface area contributed by atoms with E-state index in [4.69, 9.17) is 0 Å². The minimum atomic E-state index is -4.98. The van der Waals surface area contributed by atoms with Crippen molar-refractivity contribution in [2.45, 2.75) is 82.6 Å². The molecule has 1 amide bonds. The predicted molar refractivity (Wildman–Crippen MR) is 133 cm³/mol. The van der Waals surface area contributed by atoms with E-state index in [1.54, 1.807) is 5.57 Å². The third-order valence-electron chi connectivity index (χ3n) is 8.40. The van der Waals surface area contributed by atoms with Gasteiger partial charge < -0.3 is 10.2 Å². The number of allylic oxidation sites excluding steroid dienone is 1. The molecule has 2 saturated carbocycles. The van der Waals surface area contributed by atoms with Crippen LogP contribution in [0.1, 0.15) is 85.7 Å². The summed E-state index contributed by atoms with van der Waals surface area (Å²) in [5.41, 5.74) is -0.584. The summed E-state index contributed by atoms with van der Waals surface area (Å²) >= 11 is 0. The molecule has 1 heterocycles. The van der Waals surface area contributed by atoms with E-state index >= 15 is 0 Å². The second-order valence-electron chi connectivity index (χ2n) is 11.0. The highest BCUT2D eigenvalue weighted by Crippen LogP contribution is 2.37. The Morgan fingerprint density at radius 1 is 0.895 bits per heavy atom. The Hall–Kier alpha value is -2.23. The van der Waals surface area contributed by atoms with Crippen molar-refractivity contribution in [1.29, 1.82) is 0 Å². The van der Waals surface area contributed by atoms with E-state index < -0.39 is 35.0 Å². The topological polar surface area (TPSA) is 35.6 Å². The lowest BCUT2D eigenvalue weighted by molar-refractivity contribution is -0.143. The molecule has 0 unspecified atom stereocenters. The molecular formula is C28H37F6N3O. The molecular weight excluding hydrogens is 508 g/mol. The first-order valence-corrected chi connectivity index (χ1v) is 13.7. The van der Waals surface area contributed by atoms with Crippen LogP contribution in [0.4, 0.5) is 26.3 Å². The number of alkyl halides is 6. The smallest absolute Gasteiger partial charge is 0.374 e. The third kappa shape index (κ3) is 7.24. The molecule has 0 atom stereocenters. The molecule has 0 spiro atoms. The molecule has 0 bridgehead atoms. The number of carbonyl (C=O) groups is 1. The van der Waals surface area contributed by atoms with Gasteiger partial charge >= 0.3 is 12.4 Å². The number of benzene rings is 1. The molecule has 3 aliphatic rings. The van der Waals surface area contributed by atoms with Gasteiger partial charge in [-0.1, -0.05) is 19.3 Å². The molecule has 10 heteroatoms. The monoisotopic (exact) mass is 545 g/mol. The molecule has 4 nitrogen and oxygen atoms in total. The predicted octanol–water partition coefficient (Wildman–Crippen LogP) is 6.87. The van der Waals surface area contributed by atoms with Crippen LogP contribution in [0.15, 0.2) is 29.5 Å². The first kappa shape index (κ1) is 28.8. The van der Waals surface area contributed by atoms with Crippen molar-refractivity contribution in [2.75, 3.05) is 33.2 Å². The van der Waals surface area contributed by atoms with Crippen molar-refractivity contribution < 1.29 is 31.1 Å². The van der Waals surface area contributed by atoms with Crippen molar-refractivity contribution in [2.24, 2.45) is 5.92 Å². The van der Waals surface area contributed by atoms with E-state index in [0.717, 1.165) is 32.5 Å². The maximum absolute atomic E-state index is 13.1. The van der Waals surface area contributed by atoms with E-state index in [1.807, 2.05) is 0 Å². The third-order valence-corrected chi connectivity index (χ3v) is 8.40. The maximum Gasteiger partial charge on any atom is 0.416 e. The Balaban J connectivity index is 1.31. The fourth-order valence-electron chi connectivity index (χ4n) is 5.79. The van der Waals surface area contributed by atoms with Gasteiger partial charge in [-0.2, -0.15) is 26.3 Å². The van der Waals surface area contributed by atoms with Gasteiger partial charge in [0, 0.05) is 37.4 Å². The Labute approximate surface area is 220 Å². The van der Waals surface area contributed by atoms with Crippen LogP contribution in [0.25, 0.3) is 0 Å². The van der Waals surface area contributed by atoms with E-state index in [9.17, 15) is 31.1 Å². The molecule has 1 saturated heterocycles. The summed E-state index contributed by atoms with van der Waals surface area (Å²) in [5, 5.41) is 2.57. The highest BCUT2D eigenvalue weighted by atomic mass is 19.4. The quantitative estimate of drug-likeness (QED) is 0.380. The van der Waals surface area contributed by atoms with Crippen LogP contribution in [0.2, 0.25) is 0 Å². The fourth-order valence-corrected chi connectivity index (χ4v) is 5.79. The number of carbonyl (C=O) groups excluding carboxylic acids is 1. The summed E-state index contributed by atoms with van der Waals surface area (Å²) in [6.45, 7) is 2.82. The minimum absolute atomic E-state index is 0.0331. The normalized spacial score (nSPS) is 20.2. The average molecular weight is 546 g/mol. The average Bonchev–Trinajstić information content (AvgIpc) is 2.85. The lowest BCUT2D eigenvalue weighted by atomic mass is 9.87. The van der Waals surface area contributed by atoms with Crippen LogP contribution in [-0.2, 0) is 12.4 Å². The second kappa shape index (κ2) is 11.9. The summed E-state index contributed by atoms with van der Waals surface area (Å²) in [6.07, 6.45) is 1.60. The number of hydrogen-bond donors (Lipinski definition) is 1. The van der Waals surface area contributed by atoms with Gasteiger partial charge in [-0.05, 0) is 87.7 Å². The summed E-state index contributed by atoms with van der Waals surface area (Å²) in [6, 6.07) is 1.59. The van der Waals surface area contributed by atoms with Gasteiger partial charge in [0.1, 0.15) is 0 Å². The SMILES string of the molecule is CN(C(CN1CCC(CNC(=O)c2cc(C(F)(F)F)cc(C(F)(F)F)c2)CC1)=C1CCC1)C1CCCCC1. The lowest BCUT2D eigenvalue weighted by Gasteiger charge is -2.41. The number of piperidine rings is 1. The largest absolute Gasteiger partial charge is 0.416 e. The first-order chi connectivity index (χ1) is 17.9. The molecule has 1 aromatic rings. The van der Waals surface area contributed by atoms with E-state index in [0.29, 0.717) is 18.2 Å². The number of likely N-dealkylation sites (tertiary alicyclic amines) is 1. The molecule has 38 heavy (non-hydrogen) atoms. The van der Waals surface area contributed by atoms with Crippen molar-refractivity contribution >= 4 is 5.91 Å². The molecule has 1 N–H and O–H groups in total. The fraction of sp³-hybridized carbons (Fsp3) is 0.679. The number of nitrogens with one attached hydrogen (secondary N) is 1. The molecule has 4 rings (SSSR count). The number of amides is 1. The second-order valence-corrected chi connectivity index (χ2v) is 11.0. The van der Waals surface area contributed by atoms with Gasteiger partial charge in [0.05, 0.1) is 11.1 Å². The Morgan fingerprint density at radius 3 is 1.97 bits per heavy atom. The molecule has 0 aromatic heterocycles. The highest BCUT2D eigenvalue weighted by molar-refractivity contribution is 5.94. The maximum atomic E-state index is 13.1. The van der Waals surface area contributed by atoms with Crippen molar-refractivity contribution in [3.8, 4) is 0 Å². The summed E-state index contributed by atoms with van der Waals surface area (Å²) < 4.78 is 78.8. The van der Waals surface area contributed by atoms with E-state index in [2.05, 4.69) is 22.2 Å². The number of rotatable bonds is 7. The molecule has 3 fully saturated rings. The van der Waals surface area contributed by atoms with Crippen molar-refractivity contribution in [1.82, 2.24) is 15.1 Å². The van der Waals surface area contributed by atoms with Crippen LogP contribution >= 0.6 is 0 Å². The summed E-state index contributed by atoms with van der Waals surface area (Å²) in [4.78, 5) is 17.5. The highest BCUT2D eigenvalue weighted by Gasteiger charge is 2.37. The Bertz CT molecular complexity index is 967. The summed E-state index contributed by atoms with van der Waals surface area (Å²) in [7, 11) is 2.23. The zero-order chi connectivity index (χ0) is 27.5. The Morgan fingerprint density at radius 2 is 1.47 bits per heavy atom. The van der Waals surface area contributed by atoms with Gasteiger partial charge in [0.15, 0.2) is 0 Å². The van der Waals surface area contributed by atoms with Gasteiger partial charge in [-0.25, -0.2) is 0 Å². The number of halogens is 6. The van der Waals surface area contributed by atoms with Gasteiger partial charge in [-0.3, -0.25) is 9.69 Å². The first-order valence-electron chi connectivity index (χ1n) is 13.7. The van der Waals surface area contributed by atoms with Gasteiger partial charge in [0.25, 0.3) is 5.91 Å². The van der Waals surface area contributed by atoms with Crippen molar-refractivity contribution in [3.05, 3.63) is 46.2 Å². The Kier molecular flexibility index (Phi) is 9.00. The van der Waals surface area contributed by atoms with Crippen LogP contribution < -0.4 is 5.32 Å². The van der Waals surface area contributed by atoms with Crippen LogP contribution in [0.3, 0.4) is 0 Å². The molecule has 2 aliphatic carbocycles. The van der Waals surface area contributed by atoms with E-state index in [1.165, 1.54) is 57.1 Å². The minimum Gasteiger partial charge on any atom is -0.374 e. The zero-order valence-electron chi connectivity index (χ0n) is 21.9. The van der Waals surface area contributed by atoms with Crippen LogP contribution in [0, 0.1) is 5.92 Å². The van der Waals surface area contributed by atoms with Gasteiger partial charge in [-0.15, -0.1) is 0 Å². The molecule has 212 valence electrons. The lowest BCUT2D eigenvalue weighted by Crippen LogP contribution is -2.43. The van der Waals surface area contributed by atoms with Crippen molar-refractivity contribution in [3.63, 3.8) is 0 Å². The summed E-state index contributed by atoms with van der Waals surface area (Å²) in [5.74, 6) is -0.797.